The lowest BCUT2D eigenvalue weighted by molar-refractivity contribution is -0.138. The molecule has 6 heteroatoms. The van der Waals surface area contributed by atoms with Crippen LogP contribution in [-0.2, 0) is 19.2 Å². The van der Waals surface area contributed by atoms with Crippen molar-refractivity contribution in [1.29, 1.82) is 0 Å². The summed E-state index contributed by atoms with van der Waals surface area (Å²) in [5.41, 5.74) is 0.230. The first kappa shape index (κ1) is 14.4. The molecule has 1 N–H and O–H groups in total. The fraction of sp³-hybridized carbons (Fsp3) is 0.571. The van der Waals surface area contributed by atoms with Gasteiger partial charge < -0.3 is 0 Å². The fourth-order valence-electron chi connectivity index (χ4n) is 2.51. The van der Waals surface area contributed by atoms with Crippen LogP contribution in [-0.4, -0.2) is 28.5 Å². The van der Waals surface area contributed by atoms with Crippen molar-refractivity contribution in [1.82, 2.24) is 10.2 Å². The normalized spacial score (nSPS) is 19.4. The summed E-state index contributed by atoms with van der Waals surface area (Å²) in [6.45, 7) is 2.08. The van der Waals surface area contributed by atoms with Gasteiger partial charge in [-0.15, -0.1) is 0 Å². The van der Waals surface area contributed by atoms with Crippen LogP contribution < -0.4 is 5.32 Å². The molecule has 0 bridgehead atoms. The smallest absolute Gasteiger partial charge is 0.275 e. The molecule has 0 aromatic heterocycles. The van der Waals surface area contributed by atoms with Crippen molar-refractivity contribution in [3.05, 3.63) is 11.3 Å². The SMILES string of the molecule is CCCCCCC1=C(N2C(=O)CCC2=O)C(=O)NC1=O. The summed E-state index contributed by atoms with van der Waals surface area (Å²) in [6, 6.07) is 0. The monoisotopic (exact) mass is 278 g/mol. The third-order valence-corrected chi connectivity index (χ3v) is 3.56. The number of likely N-dealkylation sites (tertiary alicyclic amines) is 1. The molecule has 108 valence electrons. The highest BCUT2D eigenvalue weighted by molar-refractivity contribution is 6.23. The number of carbonyl (C=O) groups excluding carboxylic acids is 4. The van der Waals surface area contributed by atoms with Crippen molar-refractivity contribution in [2.45, 2.75) is 51.9 Å². The Morgan fingerprint density at radius 3 is 2.20 bits per heavy atom. The molecule has 2 aliphatic rings. The van der Waals surface area contributed by atoms with Gasteiger partial charge in [0.15, 0.2) is 0 Å². The molecule has 2 heterocycles. The molecule has 0 unspecified atom stereocenters. The molecule has 20 heavy (non-hydrogen) atoms. The number of carbonyl (C=O) groups is 4. The van der Waals surface area contributed by atoms with Gasteiger partial charge in [-0.2, -0.15) is 0 Å². The summed E-state index contributed by atoms with van der Waals surface area (Å²) < 4.78 is 0. The predicted octanol–water partition coefficient (Wildman–Crippen LogP) is 1.02. The van der Waals surface area contributed by atoms with E-state index in [2.05, 4.69) is 12.2 Å². The minimum Gasteiger partial charge on any atom is -0.287 e. The Morgan fingerprint density at radius 2 is 1.60 bits per heavy atom. The molecular weight excluding hydrogens is 260 g/mol. The lowest BCUT2D eigenvalue weighted by Crippen LogP contribution is -2.34. The minimum absolute atomic E-state index is 0.0426. The molecule has 6 nitrogen and oxygen atoms in total. The van der Waals surface area contributed by atoms with Gasteiger partial charge >= 0.3 is 0 Å². The number of hydrogen-bond donors (Lipinski definition) is 1. The van der Waals surface area contributed by atoms with Gasteiger partial charge in [0.2, 0.25) is 11.8 Å². The molecular formula is C14H18N2O4. The second kappa shape index (κ2) is 5.98. The zero-order chi connectivity index (χ0) is 14.7. The van der Waals surface area contributed by atoms with Gasteiger partial charge in [-0.1, -0.05) is 26.2 Å². The van der Waals surface area contributed by atoms with E-state index in [-0.39, 0.29) is 24.1 Å². The maximum Gasteiger partial charge on any atom is 0.275 e. The zero-order valence-corrected chi connectivity index (χ0v) is 11.5. The zero-order valence-electron chi connectivity index (χ0n) is 11.5. The number of imide groups is 2. The highest BCUT2D eigenvalue weighted by atomic mass is 16.2. The summed E-state index contributed by atoms with van der Waals surface area (Å²) >= 11 is 0. The highest BCUT2D eigenvalue weighted by Gasteiger charge is 2.41. The first-order chi connectivity index (χ1) is 9.56. The van der Waals surface area contributed by atoms with Crippen LogP contribution in [0.4, 0.5) is 0 Å². The van der Waals surface area contributed by atoms with E-state index in [4.69, 9.17) is 0 Å². The van der Waals surface area contributed by atoms with E-state index in [1.54, 1.807) is 0 Å². The Bertz CT molecular complexity index is 491. The van der Waals surface area contributed by atoms with Crippen LogP contribution >= 0.6 is 0 Å². The van der Waals surface area contributed by atoms with Crippen molar-refractivity contribution >= 4 is 23.6 Å². The average molecular weight is 278 g/mol. The molecule has 0 atom stereocenters. The van der Waals surface area contributed by atoms with E-state index in [0.717, 1.165) is 30.6 Å². The van der Waals surface area contributed by atoms with Crippen LogP contribution in [0.3, 0.4) is 0 Å². The van der Waals surface area contributed by atoms with E-state index >= 15 is 0 Å². The lowest BCUT2D eigenvalue weighted by atomic mass is 10.1. The molecule has 0 spiro atoms. The van der Waals surface area contributed by atoms with E-state index in [1.165, 1.54) is 0 Å². The van der Waals surface area contributed by atoms with E-state index in [1.807, 2.05) is 0 Å². The predicted molar refractivity (Wildman–Crippen MR) is 70.0 cm³/mol. The van der Waals surface area contributed by atoms with Crippen LogP contribution in [0.1, 0.15) is 51.9 Å². The summed E-state index contributed by atoms with van der Waals surface area (Å²) in [5.74, 6) is -1.92. The Balaban J connectivity index is 2.21. The number of hydrogen-bond acceptors (Lipinski definition) is 4. The number of unbranched alkanes of at least 4 members (excludes halogenated alkanes) is 3. The molecule has 0 aromatic rings. The van der Waals surface area contributed by atoms with Crippen LogP contribution in [0, 0.1) is 0 Å². The van der Waals surface area contributed by atoms with Crippen molar-refractivity contribution in [3.63, 3.8) is 0 Å². The summed E-state index contributed by atoms with van der Waals surface area (Å²) in [5, 5.41) is 2.18. The molecule has 0 aromatic carbocycles. The maximum atomic E-state index is 11.8. The molecule has 1 saturated heterocycles. The van der Waals surface area contributed by atoms with Gasteiger partial charge in [-0.3, -0.25) is 24.5 Å². The van der Waals surface area contributed by atoms with Crippen LogP contribution in [0.2, 0.25) is 0 Å². The van der Waals surface area contributed by atoms with Crippen molar-refractivity contribution in [3.8, 4) is 0 Å². The van der Waals surface area contributed by atoms with Crippen LogP contribution in [0.25, 0.3) is 0 Å². The first-order valence-electron chi connectivity index (χ1n) is 7.01. The Labute approximate surface area is 117 Å². The standard InChI is InChI=1S/C14H18N2O4/c1-2-3-4-5-6-9-12(14(20)15-13(9)19)16-10(17)7-8-11(16)18/h2-8H2,1H3,(H,15,19,20). The first-order valence-corrected chi connectivity index (χ1v) is 7.01. The van der Waals surface area contributed by atoms with Gasteiger partial charge in [0.05, 0.1) is 0 Å². The Morgan fingerprint density at radius 1 is 0.950 bits per heavy atom. The van der Waals surface area contributed by atoms with Gasteiger partial charge in [0.1, 0.15) is 5.70 Å². The fourth-order valence-corrected chi connectivity index (χ4v) is 2.51. The van der Waals surface area contributed by atoms with E-state index in [0.29, 0.717) is 6.42 Å². The van der Waals surface area contributed by atoms with Gasteiger partial charge in [0, 0.05) is 18.4 Å². The summed E-state index contributed by atoms with van der Waals surface area (Å²) in [6.07, 6.45) is 4.48. The largest absolute Gasteiger partial charge is 0.287 e. The van der Waals surface area contributed by atoms with Crippen LogP contribution in [0.5, 0.6) is 0 Å². The number of amides is 4. The van der Waals surface area contributed by atoms with Gasteiger partial charge in [-0.25, -0.2) is 4.90 Å². The molecule has 2 rings (SSSR count). The number of nitrogens with one attached hydrogen (secondary N) is 1. The Kier molecular flexibility index (Phi) is 4.32. The average Bonchev–Trinajstić information content (AvgIpc) is 2.86. The van der Waals surface area contributed by atoms with E-state index < -0.39 is 23.6 Å². The molecule has 0 radical (unpaired) electrons. The summed E-state index contributed by atoms with van der Waals surface area (Å²) in [4.78, 5) is 48.0. The molecule has 0 aliphatic carbocycles. The third kappa shape index (κ3) is 2.64. The van der Waals surface area contributed by atoms with Crippen molar-refractivity contribution < 1.29 is 19.2 Å². The minimum atomic E-state index is -0.635. The molecule has 4 amide bonds. The summed E-state index contributed by atoms with van der Waals surface area (Å²) in [7, 11) is 0. The van der Waals surface area contributed by atoms with Crippen LogP contribution in [0.15, 0.2) is 11.3 Å². The number of rotatable bonds is 6. The molecule has 0 saturated carbocycles. The Hall–Kier alpha value is -1.98. The molecule has 1 fully saturated rings. The van der Waals surface area contributed by atoms with Crippen molar-refractivity contribution in [2.75, 3.05) is 0 Å². The maximum absolute atomic E-state index is 11.8. The quantitative estimate of drug-likeness (QED) is 0.580. The second-order valence-electron chi connectivity index (χ2n) is 5.04. The van der Waals surface area contributed by atoms with E-state index in [9.17, 15) is 19.2 Å². The second-order valence-corrected chi connectivity index (χ2v) is 5.04. The van der Waals surface area contributed by atoms with Gasteiger partial charge in [-0.05, 0) is 12.8 Å². The topological polar surface area (TPSA) is 83.6 Å². The third-order valence-electron chi connectivity index (χ3n) is 3.56. The number of nitrogens with zero attached hydrogens (tertiary/aromatic N) is 1. The van der Waals surface area contributed by atoms with Gasteiger partial charge in [0.25, 0.3) is 11.8 Å². The van der Waals surface area contributed by atoms with Crippen molar-refractivity contribution in [2.24, 2.45) is 0 Å². The lowest BCUT2D eigenvalue weighted by Gasteiger charge is -2.14. The highest BCUT2D eigenvalue weighted by Crippen LogP contribution is 2.27. The molecule has 2 aliphatic heterocycles.